The number of aromatic nitrogens is 1. The van der Waals surface area contributed by atoms with Crippen molar-refractivity contribution in [3.05, 3.63) is 53.2 Å². The zero-order valence-corrected chi connectivity index (χ0v) is 18.0. The van der Waals surface area contributed by atoms with Crippen molar-refractivity contribution in [1.29, 1.82) is 0 Å². The molecule has 11 heteroatoms. The van der Waals surface area contributed by atoms with Crippen LogP contribution in [-0.4, -0.2) is 36.8 Å². The van der Waals surface area contributed by atoms with E-state index in [0.29, 0.717) is 17.7 Å². The maximum absolute atomic E-state index is 11.3. The molecule has 1 aliphatic heterocycles. The highest BCUT2D eigenvalue weighted by molar-refractivity contribution is 7.46. The number of aromatic hydroxyl groups is 1. The summed E-state index contributed by atoms with van der Waals surface area (Å²) < 4.78 is 18.0. The van der Waals surface area contributed by atoms with Gasteiger partial charge in [0.25, 0.3) is 0 Å². The maximum Gasteiger partial charge on any atom is 0.524 e. The molecule has 0 amide bonds. The number of rotatable bonds is 5. The van der Waals surface area contributed by atoms with Gasteiger partial charge in [0.1, 0.15) is 11.5 Å². The summed E-state index contributed by atoms with van der Waals surface area (Å²) in [5, 5.41) is 26.3. The van der Waals surface area contributed by atoms with E-state index in [0.717, 1.165) is 22.5 Å². The predicted molar refractivity (Wildman–Crippen MR) is 116 cm³/mol. The number of aryl methyl sites for hydroxylation is 3. The van der Waals surface area contributed by atoms with Crippen LogP contribution in [0.25, 0.3) is 10.9 Å². The number of phenolic OH excluding ortho intramolecular Hbond substituents is 1. The monoisotopic (exact) mass is 446 g/mol. The van der Waals surface area contributed by atoms with Crippen molar-refractivity contribution >= 4 is 30.2 Å². The van der Waals surface area contributed by atoms with Gasteiger partial charge in [-0.15, -0.1) is 0 Å². The molecule has 2 heterocycles. The molecule has 5 N–H and O–H groups in total. The molecule has 3 aromatic rings. The largest absolute Gasteiger partial charge is 0.524 e. The van der Waals surface area contributed by atoms with Gasteiger partial charge in [0.15, 0.2) is 5.84 Å². The molecule has 0 radical (unpaired) electrons. The van der Waals surface area contributed by atoms with Crippen LogP contribution in [-0.2, 0) is 18.0 Å². The second kappa shape index (κ2) is 7.58. The summed E-state index contributed by atoms with van der Waals surface area (Å²) in [6.07, 6.45) is 1.24. The summed E-state index contributed by atoms with van der Waals surface area (Å²) in [4.78, 5) is 19.8. The Labute approximate surface area is 178 Å². The third kappa shape index (κ3) is 3.86. The Morgan fingerprint density at radius 1 is 1.26 bits per heavy atom. The molecule has 1 unspecified atom stereocenters. The maximum atomic E-state index is 11.3. The Morgan fingerprint density at radius 2 is 2.00 bits per heavy atom. The first-order valence-electron chi connectivity index (χ1n) is 9.56. The van der Waals surface area contributed by atoms with Crippen LogP contribution in [0.5, 0.6) is 11.5 Å². The number of amidine groups is 1. The first-order chi connectivity index (χ1) is 14.6. The van der Waals surface area contributed by atoms with Crippen LogP contribution in [0.4, 0.5) is 5.69 Å². The molecule has 1 atom stereocenters. The summed E-state index contributed by atoms with van der Waals surface area (Å²) in [6, 6.07) is 8.39. The van der Waals surface area contributed by atoms with E-state index in [1.54, 1.807) is 6.92 Å². The lowest BCUT2D eigenvalue weighted by atomic mass is 10.0. The molecule has 10 nitrogen and oxygen atoms in total. The minimum absolute atomic E-state index is 0.114. The molecule has 0 spiro atoms. The highest BCUT2D eigenvalue weighted by atomic mass is 31.2. The number of aliphatic hydroxyl groups excluding tert-OH is 1. The first kappa shape index (κ1) is 21.2. The molecule has 0 saturated heterocycles. The smallest absolute Gasteiger partial charge is 0.507 e. The quantitative estimate of drug-likeness (QED) is 0.376. The van der Waals surface area contributed by atoms with E-state index < -0.39 is 14.2 Å². The molecule has 0 saturated carbocycles. The molecule has 1 aromatic heterocycles. The molecular formula is C20H23N4O6P. The SMILES string of the molecule is CCc1cc(C2=NNC(O)N2c2ccc3c(c2)c(C)cn3C)c(O)cc1OP(=O)(O)O. The second-order valence-corrected chi connectivity index (χ2v) is 8.51. The lowest BCUT2D eigenvalue weighted by Crippen LogP contribution is -2.40. The second-order valence-electron chi connectivity index (χ2n) is 7.35. The topological polar surface area (TPSA) is 140 Å². The van der Waals surface area contributed by atoms with E-state index in [2.05, 4.69) is 10.5 Å². The van der Waals surface area contributed by atoms with Gasteiger partial charge in [-0.2, -0.15) is 5.10 Å². The number of phosphoric acid groups is 1. The molecule has 31 heavy (non-hydrogen) atoms. The fourth-order valence-corrected chi connectivity index (χ4v) is 4.24. The molecule has 2 aromatic carbocycles. The van der Waals surface area contributed by atoms with Crippen LogP contribution in [0.15, 0.2) is 41.6 Å². The van der Waals surface area contributed by atoms with Gasteiger partial charge < -0.3 is 19.3 Å². The number of fused-ring (bicyclic) bond motifs is 1. The Balaban J connectivity index is 1.79. The third-order valence-corrected chi connectivity index (χ3v) is 5.66. The van der Waals surface area contributed by atoms with E-state index in [9.17, 15) is 14.8 Å². The third-order valence-electron chi connectivity index (χ3n) is 5.23. The Hall–Kier alpha value is -3.04. The van der Waals surface area contributed by atoms with Crippen molar-refractivity contribution in [2.75, 3.05) is 4.90 Å². The van der Waals surface area contributed by atoms with Crippen LogP contribution >= 0.6 is 7.82 Å². The van der Waals surface area contributed by atoms with Gasteiger partial charge in [-0.05, 0) is 48.7 Å². The van der Waals surface area contributed by atoms with Crippen molar-refractivity contribution in [2.45, 2.75) is 26.6 Å². The van der Waals surface area contributed by atoms with Crippen molar-refractivity contribution in [3.8, 4) is 11.5 Å². The average Bonchev–Trinajstić information content (AvgIpc) is 3.20. The van der Waals surface area contributed by atoms with Crippen LogP contribution < -0.4 is 14.8 Å². The first-order valence-corrected chi connectivity index (χ1v) is 11.1. The summed E-state index contributed by atoms with van der Waals surface area (Å²) in [6.45, 7) is 3.79. The van der Waals surface area contributed by atoms with Gasteiger partial charge in [0.2, 0.25) is 6.35 Å². The zero-order chi connectivity index (χ0) is 22.5. The average molecular weight is 446 g/mol. The standard InChI is InChI=1S/C20H23N4O6P/c1-4-12-7-15(17(25)9-18(12)30-31(27,28)29)19-21-22-20(26)24(19)13-5-6-16-14(8-13)11(2)10-23(16)3/h5-10,20,22,25-26H,4H2,1-3H3,(H2,27,28,29). The van der Waals surface area contributed by atoms with Crippen molar-refractivity contribution in [3.63, 3.8) is 0 Å². The van der Waals surface area contributed by atoms with Crippen LogP contribution in [0.3, 0.4) is 0 Å². The summed E-state index contributed by atoms with van der Waals surface area (Å²) in [5.74, 6) is -0.148. The van der Waals surface area contributed by atoms with Gasteiger partial charge in [-0.25, -0.2) is 4.57 Å². The lowest BCUT2D eigenvalue weighted by molar-refractivity contribution is 0.159. The number of phosphoric ester groups is 1. The predicted octanol–water partition coefficient (Wildman–Crippen LogP) is 2.27. The van der Waals surface area contributed by atoms with E-state index >= 15 is 0 Å². The number of hydrogen-bond acceptors (Lipinski definition) is 7. The van der Waals surface area contributed by atoms with Gasteiger partial charge in [-0.1, -0.05) is 6.92 Å². The highest BCUT2D eigenvalue weighted by Gasteiger charge is 2.31. The lowest BCUT2D eigenvalue weighted by Gasteiger charge is -2.24. The Bertz CT molecular complexity index is 1250. The molecule has 0 aliphatic carbocycles. The van der Waals surface area contributed by atoms with E-state index in [1.807, 2.05) is 42.9 Å². The zero-order valence-electron chi connectivity index (χ0n) is 17.1. The fourth-order valence-electron chi connectivity index (χ4n) is 3.81. The van der Waals surface area contributed by atoms with Crippen LogP contribution in [0.1, 0.15) is 23.6 Å². The number of anilines is 1. The van der Waals surface area contributed by atoms with Gasteiger partial charge in [0.05, 0.1) is 5.56 Å². The number of hydrazone groups is 1. The number of benzene rings is 2. The number of nitrogens with one attached hydrogen (secondary N) is 1. The minimum Gasteiger partial charge on any atom is -0.507 e. The van der Waals surface area contributed by atoms with Crippen molar-refractivity contribution in [2.24, 2.45) is 12.1 Å². The van der Waals surface area contributed by atoms with E-state index in [1.165, 1.54) is 11.0 Å². The van der Waals surface area contributed by atoms with Gasteiger partial charge in [-0.3, -0.25) is 20.1 Å². The molecule has 0 fully saturated rings. The molecule has 4 rings (SSSR count). The van der Waals surface area contributed by atoms with Crippen molar-refractivity contribution < 1.29 is 29.1 Å². The number of nitrogens with zero attached hydrogens (tertiary/aromatic N) is 3. The number of hydrogen-bond donors (Lipinski definition) is 5. The van der Waals surface area contributed by atoms with Crippen LogP contribution in [0.2, 0.25) is 0 Å². The summed E-state index contributed by atoms with van der Waals surface area (Å²) >= 11 is 0. The Morgan fingerprint density at radius 3 is 2.68 bits per heavy atom. The Kier molecular flexibility index (Phi) is 5.18. The minimum atomic E-state index is -4.79. The molecular weight excluding hydrogens is 423 g/mol. The fraction of sp³-hybridized carbons (Fsp3) is 0.250. The molecule has 0 bridgehead atoms. The van der Waals surface area contributed by atoms with E-state index in [4.69, 9.17) is 14.3 Å². The van der Waals surface area contributed by atoms with E-state index in [-0.39, 0.29) is 22.9 Å². The number of phenols is 1. The normalized spacial score (nSPS) is 16.5. The summed E-state index contributed by atoms with van der Waals surface area (Å²) in [5.41, 5.74) is 6.12. The van der Waals surface area contributed by atoms with Crippen LogP contribution in [0, 0.1) is 6.92 Å². The van der Waals surface area contributed by atoms with Gasteiger partial charge >= 0.3 is 7.82 Å². The summed E-state index contributed by atoms with van der Waals surface area (Å²) in [7, 11) is -2.83. The molecule has 164 valence electrons. The number of aliphatic hydroxyl groups is 1. The highest BCUT2D eigenvalue weighted by Crippen LogP contribution is 2.42. The van der Waals surface area contributed by atoms with Crippen molar-refractivity contribution in [1.82, 2.24) is 9.99 Å². The van der Waals surface area contributed by atoms with Gasteiger partial charge in [0, 0.05) is 35.9 Å². The molecule has 1 aliphatic rings.